The number of benzene rings is 3. The number of carbonyl (C=O) groups excluding carboxylic acids is 1. The third-order valence-corrected chi connectivity index (χ3v) is 4.16. The molecule has 1 N–H and O–H groups in total. The Kier molecular flexibility index (Phi) is 3.47. The second-order valence-corrected chi connectivity index (χ2v) is 5.79. The van der Waals surface area contributed by atoms with Crippen molar-refractivity contribution in [2.24, 2.45) is 0 Å². The van der Waals surface area contributed by atoms with Gasteiger partial charge in [0.25, 0.3) is 0 Å². The van der Waals surface area contributed by atoms with Crippen molar-refractivity contribution in [3.8, 4) is 22.5 Å². The number of H-pyrrole nitrogens is 1. The van der Waals surface area contributed by atoms with Gasteiger partial charge in [-0.25, -0.2) is 4.98 Å². The Morgan fingerprint density at radius 2 is 1.46 bits per heavy atom. The zero-order valence-corrected chi connectivity index (χ0v) is 13.3. The molecule has 4 aromatic rings. The van der Waals surface area contributed by atoms with Crippen LogP contribution in [-0.4, -0.2) is 15.8 Å². The molecule has 116 valence electrons. The molecule has 0 atom stereocenters. The third kappa shape index (κ3) is 2.50. The fourth-order valence-corrected chi connectivity index (χ4v) is 2.90. The SMILES string of the molecule is CC(=O)c1cccc2[nH]c(-c3ccc(-c4ccccc4)cc3)nc12. The van der Waals surface area contributed by atoms with Crippen molar-refractivity contribution >= 4 is 16.8 Å². The van der Waals surface area contributed by atoms with E-state index in [4.69, 9.17) is 0 Å². The van der Waals surface area contributed by atoms with Crippen LogP contribution in [0.5, 0.6) is 0 Å². The van der Waals surface area contributed by atoms with Gasteiger partial charge in [0.05, 0.1) is 11.0 Å². The number of imidazole rings is 1. The van der Waals surface area contributed by atoms with E-state index in [0.717, 1.165) is 22.4 Å². The van der Waals surface area contributed by atoms with Gasteiger partial charge < -0.3 is 4.98 Å². The lowest BCUT2D eigenvalue weighted by Gasteiger charge is -2.02. The first-order valence-corrected chi connectivity index (χ1v) is 7.88. The lowest BCUT2D eigenvalue weighted by molar-refractivity contribution is 0.101. The normalized spacial score (nSPS) is 10.9. The first-order chi connectivity index (χ1) is 11.7. The molecule has 4 rings (SSSR count). The fraction of sp³-hybridized carbons (Fsp3) is 0.0476. The van der Waals surface area contributed by atoms with E-state index in [0.29, 0.717) is 5.56 Å². The molecule has 24 heavy (non-hydrogen) atoms. The highest BCUT2D eigenvalue weighted by molar-refractivity contribution is 6.05. The summed E-state index contributed by atoms with van der Waals surface area (Å²) in [6, 6.07) is 24.2. The number of aromatic amines is 1. The van der Waals surface area contributed by atoms with Gasteiger partial charge in [0.2, 0.25) is 0 Å². The monoisotopic (exact) mass is 312 g/mol. The number of hydrogen-bond donors (Lipinski definition) is 1. The van der Waals surface area contributed by atoms with Crippen molar-refractivity contribution in [1.29, 1.82) is 0 Å². The van der Waals surface area contributed by atoms with Crippen LogP contribution in [0.4, 0.5) is 0 Å². The summed E-state index contributed by atoms with van der Waals surface area (Å²) in [7, 11) is 0. The molecule has 1 aromatic heterocycles. The van der Waals surface area contributed by atoms with Crippen LogP contribution in [0.3, 0.4) is 0 Å². The Labute approximate surface area is 140 Å². The van der Waals surface area contributed by atoms with Crippen molar-refractivity contribution in [3.05, 3.63) is 78.4 Å². The van der Waals surface area contributed by atoms with Crippen LogP contribution in [-0.2, 0) is 0 Å². The second-order valence-electron chi connectivity index (χ2n) is 5.79. The van der Waals surface area contributed by atoms with Crippen molar-refractivity contribution in [2.75, 3.05) is 0 Å². The van der Waals surface area contributed by atoms with Gasteiger partial charge in [0.15, 0.2) is 5.78 Å². The molecule has 0 fully saturated rings. The van der Waals surface area contributed by atoms with E-state index < -0.39 is 0 Å². The molecule has 0 radical (unpaired) electrons. The van der Waals surface area contributed by atoms with Crippen LogP contribution in [0.15, 0.2) is 72.8 Å². The predicted molar refractivity (Wildman–Crippen MR) is 97.0 cm³/mol. The topological polar surface area (TPSA) is 45.8 Å². The van der Waals surface area contributed by atoms with Gasteiger partial charge in [-0.2, -0.15) is 0 Å². The van der Waals surface area contributed by atoms with Crippen LogP contribution in [0.1, 0.15) is 17.3 Å². The lowest BCUT2D eigenvalue weighted by atomic mass is 10.0. The van der Waals surface area contributed by atoms with E-state index >= 15 is 0 Å². The van der Waals surface area contributed by atoms with E-state index in [9.17, 15) is 4.79 Å². The molecule has 0 saturated heterocycles. The maximum absolute atomic E-state index is 11.8. The summed E-state index contributed by atoms with van der Waals surface area (Å²) in [5.74, 6) is 0.802. The molecule has 1 heterocycles. The van der Waals surface area contributed by atoms with Gasteiger partial charge in [-0.3, -0.25) is 4.79 Å². The summed E-state index contributed by atoms with van der Waals surface area (Å²) < 4.78 is 0. The average Bonchev–Trinajstić information content (AvgIpc) is 3.06. The highest BCUT2D eigenvalue weighted by Crippen LogP contribution is 2.26. The van der Waals surface area contributed by atoms with E-state index in [1.165, 1.54) is 11.1 Å². The molecule has 3 aromatic carbocycles. The van der Waals surface area contributed by atoms with Gasteiger partial charge >= 0.3 is 0 Å². The largest absolute Gasteiger partial charge is 0.338 e. The van der Waals surface area contributed by atoms with Crippen LogP contribution < -0.4 is 0 Å². The van der Waals surface area contributed by atoms with Crippen LogP contribution >= 0.6 is 0 Å². The number of nitrogens with one attached hydrogen (secondary N) is 1. The number of aromatic nitrogens is 2. The molecule has 0 aliphatic rings. The van der Waals surface area contributed by atoms with Crippen molar-refractivity contribution in [1.82, 2.24) is 9.97 Å². The second kappa shape index (κ2) is 5.78. The van der Waals surface area contributed by atoms with E-state index in [-0.39, 0.29) is 5.78 Å². The number of fused-ring (bicyclic) bond motifs is 1. The van der Waals surface area contributed by atoms with Gasteiger partial charge in [-0.15, -0.1) is 0 Å². The van der Waals surface area contributed by atoms with Gasteiger partial charge in [0, 0.05) is 11.1 Å². The first kappa shape index (κ1) is 14.4. The average molecular weight is 312 g/mol. The molecule has 3 nitrogen and oxygen atoms in total. The minimum absolute atomic E-state index is 0.0260. The number of hydrogen-bond acceptors (Lipinski definition) is 2. The molecular formula is C21H16N2O. The lowest BCUT2D eigenvalue weighted by Crippen LogP contribution is -1.92. The van der Waals surface area contributed by atoms with Crippen LogP contribution in [0, 0.1) is 0 Å². The number of Topliss-reactive ketones (excluding diaryl/α,β-unsaturated/α-hetero) is 1. The molecule has 0 aliphatic heterocycles. The third-order valence-electron chi connectivity index (χ3n) is 4.16. The zero-order chi connectivity index (χ0) is 16.5. The molecule has 0 unspecified atom stereocenters. The Hall–Kier alpha value is -3.20. The summed E-state index contributed by atoms with van der Waals surface area (Å²) in [6.45, 7) is 1.57. The molecule has 0 spiro atoms. The standard InChI is InChI=1S/C21H16N2O/c1-14(24)18-8-5-9-19-20(18)23-21(22-19)17-12-10-16(11-13-17)15-6-3-2-4-7-15/h2-13H,1H3,(H,22,23). The quantitative estimate of drug-likeness (QED) is 0.535. The summed E-state index contributed by atoms with van der Waals surface area (Å²) in [6.07, 6.45) is 0. The smallest absolute Gasteiger partial charge is 0.162 e. The van der Waals surface area contributed by atoms with Crippen molar-refractivity contribution in [3.63, 3.8) is 0 Å². The Balaban J connectivity index is 1.75. The number of carbonyl (C=O) groups is 1. The van der Waals surface area contributed by atoms with Crippen molar-refractivity contribution < 1.29 is 4.79 Å². The van der Waals surface area contributed by atoms with Crippen molar-refractivity contribution in [2.45, 2.75) is 6.92 Å². The van der Waals surface area contributed by atoms with Crippen LogP contribution in [0.2, 0.25) is 0 Å². The first-order valence-electron chi connectivity index (χ1n) is 7.88. The molecule has 0 amide bonds. The van der Waals surface area contributed by atoms with Crippen LogP contribution in [0.25, 0.3) is 33.5 Å². The Morgan fingerprint density at radius 3 is 2.17 bits per heavy atom. The Morgan fingerprint density at radius 1 is 0.792 bits per heavy atom. The highest BCUT2D eigenvalue weighted by Gasteiger charge is 2.11. The number of nitrogens with zero attached hydrogens (tertiary/aromatic N) is 1. The van der Waals surface area contributed by atoms with E-state index in [1.807, 2.05) is 48.5 Å². The molecule has 0 bridgehead atoms. The minimum atomic E-state index is 0.0260. The number of rotatable bonds is 3. The summed E-state index contributed by atoms with van der Waals surface area (Å²) in [4.78, 5) is 19.7. The maximum atomic E-state index is 11.8. The fourth-order valence-electron chi connectivity index (χ4n) is 2.90. The van der Waals surface area contributed by atoms with E-state index in [1.54, 1.807) is 6.92 Å². The number of ketones is 1. The van der Waals surface area contributed by atoms with Gasteiger partial charge in [-0.1, -0.05) is 60.7 Å². The summed E-state index contributed by atoms with van der Waals surface area (Å²) in [5.41, 5.74) is 5.61. The zero-order valence-electron chi connectivity index (χ0n) is 13.3. The Bertz CT molecular complexity index is 1010. The minimum Gasteiger partial charge on any atom is -0.338 e. The maximum Gasteiger partial charge on any atom is 0.162 e. The highest BCUT2D eigenvalue weighted by atomic mass is 16.1. The predicted octanol–water partition coefficient (Wildman–Crippen LogP) is 5.10. The molecular weight excluding hydrogens is 296 g/mol. The molecule has 3 heteroatoms. The molecule has 0 saturated carbocycles. The number of para-hydroxylation sites is 1. The van der Waals surface area contributed by atoms with Gasteiger partial charge in [-0.05, 0) is 30.2 Å². The summed E-state index contributed by atoms with van der Waals surface area (Å²) in [5, 5.41) is 0. The molecule has 0 aliphatic carbocycles. The van der Waals surface area contributed by atoms with E-state index in [2.05, 4.69) is 34.2 Å². The van der Waals surface area contributed by atoms with Gasteiger partial charge in [0.1, 0.15) is 5.82 Å². The summed E-state index contributed by atoms with van der Waals surface area (Å²) >= 11 is 0.